The first-order chi connectivity index (χ1) is 14.6. The molecule has 0 saturated heterocycles. The van der Waals surface area contributed by atoms with Crippen LogP contribution in [0.5, 0.6) is 17.2 Å². The van der Waals surface area contributed by atoms with Gasteiger partial charge in [0.05, 0.1) is 39.0 Å². The summed E-state index contributed by atoms with van der Waals surface area (Å²) >= 11 is 0. The van der Waals surface area contributed by atoms with Crippen molar-refractivity contribution in [3.63, 3.8) is 0 Å². The van der Waals surface area contributed by atoms with E-state index in [2.05, 4.69) is 9.88 Å². The first-order valence-corrected chi connectivity index (χ1v) is 9.64. The first-order valence-electron chi connectivity index (χ1n) is 9.64. The van der Waals surface area contributed by atoms with E-state index in [0.717, 1.165) is 16.9 Å². The summed E-state index contributed by atoms with van der Waals surface area (Å²) in [6, 6.07) is 11.2. The number of carbonyl (C=O) groups is 1. The maximum absolute atomic E-state index is 12.7. The van der Waals surface area contributed by atoms with E-state index in [0.29, 0.717) is 48.9 Å². The van der Waals surface area contributed by atoms with Crippen LogP contribution < -0.4 is 19.5 Å². The molecule has 30 heavy (non-hydrogen) atoms. The first kappa shape index (κ1) is 21.4. The number of nitrogens with zero attached hydrogens (tertiary/aromatic N) is 2. The Morgan fingerprint density at radius 1 is 1.03 bits per heavy atom. The van der Waals surface area contributed by atoms with Gasteiger partial charge in [-0.05, 0) is 24.3 Å². The van der Waals surface area contributed by atoms with Crippen molar-refractivity contribution in [3.8, 4) is 17.2 Å². The lowest BCUT2D eigenvalue weighted by atomic mass is 10.1. The van der Waals surface area contributed by atoms with Gasteiger partial charge in [0, 0.05) is 32.2 Å². The summed E-state index contributed by atoms with van der Waals surface area (Å²) in [5.41, 5.74) is 2.41. The van der Waals surface area contributed by atoms with E-state index in [1.807, 2.05) is 24.3 Å². The summed E-state index contributed by atoms with van der Waals surface area (Å²) in [5.74, 6) is 1.99. The third-order valence-corrected chi connectivity index (χ3v) is 4.81. The van der Waals surface area contributed by atoms with E-state index in [4.69, 9.17) is 23.9 Å². The Bertz CT molecular complexity index is 990. The van der Waals surface area contributed by atoms with Crippen molar-refractivity contribution >= 4 is 16.9 Å². The van der Waals surface area contributed by atoms with Crippen molar-refractivity contribution in [3.05, 3.63) is 47.8 Å². The Hall–Kier alpha value is -3.26. The number of fused-ring (bicyclic) bond motifs is 1. The van der Waals surface area contributed by atoms with Crippen LogP contribution in [-0.4, -0.2) is 57.0 Å². The molecule has 1 N–H and O–H groups in total. The average molecular weight is 413 g/mol. The zero-order chi connectivity index (χ0) is 21.5. The zero-order valence-corrected chi connectivity index (χ0v) is 17.7. The van der Waals surface area contributed by atoms with Gasteiger partial charge >= 0.3 is 0 Å². The maximum Gasteiger partial charge on any atom is 0.251 e. The van der Waals surface area contributed by atoms with Gasteiger partial charge in [0.1, 0.15) is 5.82 Å². The topological polar surface area (TPSA) is 83.8 Å². The van der Waals surface area contributed by atoms with Gasteiger partial charge in [-0.1, -0.05) is 12.1 Å². The summed E-state index contributed by atoms with van der Waals surface area (Å²) in [6.45, 7) is 1.73. The van der Waals surface area contributed by atoms with E-state index >= 15 is 0 Å². The molecule has 8 nitrogen and oxygen atoms in total. The summed E-state index contributed by atoms with van der Waals surface area (Å²) in [5, 5.41) is 2.94. The molecule has 3 rings (SSSR count). The minimum absolute atomic E-state index is 0.228. The maximum atomic E-state index is 12.7. The zero-order valence-electron chi connectivity index (χ0n) is 17.7. The van der Waals surface area contributed by atoms with Crippen LogP contribution in [0, 0.1) is 0 Å². The smallest absolute Gasteiger partial charge is 0.251 e. The highest BCUT2D eigenvalue weighted by Crippen LogP contribution is 2.38. The molecule has 0 aliphatic rings. The Morgan fingerprint density at radius 2 is 1.73 bits per heavy atom. The fourth-order valence-electron chi connectivity index (χ4n) is 3.35. The number of carbonyl (C=O) groups excluding carboxylic acids is 1. The number of rotatable bonds is 10. The minimum atomic E-state index is -0.228. The van der Waals surface area contributed by atoms with Gasteiger partial charge < -0.3 is 28.8 Å². The molecule has 0 bridgehead atoms. The molecular formula is C22H27N3O5. The predicted molar refractivity (Wildman–Crippen MR) is 114 cm³/mol. The van der Waals surface area contributed by atoms with Crippen LogP contribution >= 0.6 is 0 Å². The van der Waals surface area contributed by atoms with E-state index in [9.17, 15) is 4.79 Å². The van der Waals surface area contributed by atoms with Crippen LogP contribution in [0.4, 0.5) is 0 Å². The standard InChI is InChI=1S/C22H27N3O5/c1-27-12-11-25-17-8-6-5-7-16(17)24-20(25)9-10-23-22(26)15-13-18(28-2)21(30-4)19(14-15)29-3/h5-8,13-14H,9-12H2,1-4H3,(H,23,26). The number of nitrogens with one attached hydrogen (secondary N) is 1. The SMILES string of the molecule is COCCn1c(CCNC(=O)c2cc(OC)c(OC)c(OC)c2)nc2ccccc21. The molecule has 0 spiro atoms. The van der Waals surface area contributed by atoms with Crippen molar-refractivity contribution in [1.82, 2.24) is 14.9 Å². The Kier molecular flexibility index (Phi) is 7.13. The molecule has 1 amide bonds. The minimum Gasteiger partial charge on any atom is -0.493 e. The normalized spacial score (nSPS) is 10.8. The number of hydrogen-bond acceptors (Lipinski definition) is 6. The molecule has 3 aromatic rings. The fourth-order valence-corrected chi connectivity index (χ4v) is 3.35. The van der Waals surface area contributed by atoms with Crippen molar-refractivity contribution in [2.45, 2.75) is 13.0 Å². The van der Waals surface area contributed by atoms with Gasteiger partial charge in [0.25, 0.3) is 5.91 Å². The lowest BCUT2D eigenvalue weighted by Crippen LogP contribution is -2.26. The van der Waals surface area contributed by atoms with Crippen LogP contribution in [0.1, 0.15) is 16.2 Å². The molecule has 0 aliphatic heterocycles. The number of aromatic nitrogens is 2. The van der Waals surface area contributed by atoms with Gasteiger partial charge in [0.15, 0.2) is 11.5 Å². The van der Waals surface area contributed by atoms with Crippen LogP contribution in [0.3, 0.4) is 0 Å². The molecule has 0 fully saturated rings. The van der Waals surface area contributed by atoms with Gasteiger partial charge in [-0.15, -0.1) is 0 Å². The molecular weight excluding hydrogens is 386 g/mol. The number of imidazole rings is 1. The van der Waals surface area contributed by atoms with Crippen molar-refractivity contribution in [2.24, 2.45) is 0 Å². The molecule has 0 radical (unpaired) electrons. The summed E-state index contributed by atoms with van der Waals surface area (Å²) in [4.78, 5) is 17.4. The predicted octanol–water partition coefficient (Wildman–Crippen LogP) is 2.68. The molecule has 1 aromatic heterocycles. The second-order valence-electron chi connectivity index (χ2n) is 6.58. The van der Waals surface area contributed by atoms with Crippen molar-refractivity contribution in [2.75, 3.05) is 41.6 Å². The largest absolute Gasteiger partial charge is 0.493 e. The average Bonchev–Trinajstić information content (AvgIpc) is 3.13. The van der Waals surface area contributed by atoms with Crippen molar-refractivity contribution < 1.29 is 23.7 Å². The number of benzene rings is 2. The lowest BCUT2D eigenvalue weighted by Gasteiger charge is -2.14. The number of para-hydroxylation sites is 2. The van der Waals surface area contributed by atoms with Gasteiger partial charge in [-0.3, -0.25) is 4.79 Å². The van der Waals surface area contributed by atoms with Crippen LogP contribution in [0.2, 0.25) is 0 Å². The Labute approximate surface area is 175 Å². The number of methoxy groups -OCH3 is 4. The quantitative estimate of drug-likeness (QED) is 0.550. The molecule has 0 aliphatic carbocycles. The lowest BCUT2D eigenvalue weighted by molar-refractivity contribution is 0.0953. The highest BCUT2D eigenvalue weighted by molar-refractivity contribution is 5.95. The second kappa shape index (κ2) is 9.98. The van der Waals surface area contributed by atoms with Gasteiger partial charge in [-0.2, -0.15) is 0 Å². The molecule has 0 saturated carbocycles. The summed E-state index contributed by atoms with van der Waals surface area (Å²) in [7, 11) is 6.24. The molecule has 160 valence electrons. The molecule has 1 heterocycles. The van der Waals surface area contributed by atoms with E-state index in [1.54, 1.807) is 19.2 Å². The van der Waals surface area contributed by atoms with E-state index < -0.39 is 0 Å². The van der Waals surface area contributed by atoms with Crippen LogP contribution in [-0.2, 0) is 17.7 Å². The fraction of sp³-hybridized carbons (Fsp3) is 0.364. The van der Waals surface area contributed by atoms with Crippen LogP contribution in [0.15, 0.2) is 36.4 Å². The second-order valence-corrected chi connectivity index (χ2v) is 6.58. The molecule has 0 unspecified atom stereocenters. The molecule has 8 heteroatoms. The highest BCUT2D eigenvalue weighted by atomic mass is 16.5. The van der Waals surface area contributed by atoms with Gasteiger partial charge in [0.2, 0.25) is 5.75 Å². The third kappa shape index (κ3) is 4.49. The van der Waals surface area contributed by atoms with E-state index in [1.165, 1.54) is 21.3 Å². The monoisotopic (exact) mass is 413 g/mol. The van der Waals surface area contributed by atoms with Gasteiger partial charge in [-0.25, -0.2) is 4.98 Å². The van der Waals surface area contributed by atoms with E-state index in [-0.39, 0.29) is 5.91 Å². The summed E-state index contributed by atoms with van der Waals surface area (Å²) in [6.07, 6.45) is 0.592. The highest BCUT2D eigenvalue weighted by Gasteiger charge is 2.17. The molecule has 0 atom stereocenters. The number of hydrogen-bond donors (Lipinski definition) is 1. The Balaban J connectivity index is 1.73. The number of amides is 1. The van der Waals surface area contributed by atoms with Crippen LogP contribution in [0.25, 0.3) is 11.0 Å². The third-order valence-electron chi connectivity index (χ3n) is 4.81. The van der Waals surface area contributed by atoms with Crippen molar-refractivity contribution in [1.29, 1.82) is 0 Å². The number of ether oxygens (including phenoxy) is 4. The summed E-state index contributed by atoms with van der Waals surface area (Å²) < 4.78 is 23.3. The molecule has 2 aromatic carbocycles. The Morgan fingerprint density at radius 3 is 2.37 bits per heavy atom.